The van der Waals surface area contributed by atoms with Crippen molar-refractivity contribution in [2.24, 2.45) is 0 Å². The Hall–Kier alpha value is -2.27. The first-order valence-corrected chi connectivity index (χ1v) is 7.82. The number of carbonyl (C=O) groups excluding carboxylic acids is 2. The molecule has 4 nitrogen and oxygen atoms in total. The second-order valence-corrected chi connectivity index (χ2v) is 6.40. The molecule has 1 saturated heterocycles. The predicted molar refractivity (Wildman–Crippen MR) is 90.5 cm³/mol. The summed E-state index contributed by atoms with van der Waals surface area (Å²) in [7, 11) is 0. The van der Waals surface area contributed by atoms with Gasteiger partial charge in [0.25, 0.3) is 11.1 Å². The number of carbonyl (C=O) groups is 2. The van der Waals surface area contributed by atoms with Crippen molar-refractivity contribution in [1.29, 1.82) is 0 Å². The summed E-state index contributed by atoms with van der Waals surface area (Å²) in [6, 6.07) is 8.02. The molecule has 2 aromatic rings. The van der Waals surface area contributed by atoms with Gasteiger partial charge in [-0.1, -0.05) is 23.8 Å². The Morgan fingerprint density at radius 2 is 2.09 bits per heavy atom. The van der Waals surface area contributed by atoms with Crippen molar-refractivity contribution in [2.45, 2.75) is 20.4 Å². The average Bonchev–Trinajstić information content (AvgIpc) is 3.01. The van der Waals surface area contributed by atoms with Crippen molar-refractivity contribution in [3.05, 3.63) is 52.6 Å². The molecular weight excluding hydrogens is 296 g/mol. The quantitative estimate of drug-likeness (QED) is 0.690. The van der Waals surface area contributed by atoms with Gasteiger partial charge in [0.1, 0.15) is 0 Å². The van der Waals surface area contributed by atoms with E-state index < -0.39 is 0 Å². The van der Waals surface area contributed by atoms with Crippen molar-refractivity contribution in [3.8, 4) is 0 Å². The van der Waals surface area contributed by atoms with E-state index in [2.05, 4.69) is 35.9 Å². The number of allylic oxidation sites excluding steroid dienone is 2. The normalized spacial score (nSPS) is 16.4. The molecule has 0 saturated carbocycles. The van der Waals surface area contributed by atoms with Crippen molar-refractivity contribution < 1.29 is 9.59 Å². The zero-order valence-electron chi connectivity index (χ0n) is 12.4. The molecule has 2 heterocycles. The van der Waals surface area contributed by atoms with Crippen LogP contribution in [0, 0.1) is 0 Å². The summed E-state index contributed by atoms with van der Waals surface area (Å²) in [6.07, 6.45) is 5.99. The van der Waals surface area contributed by atoms with Crippen LogP contribution in [-0.4, -0.2) is 15.7 Å². The third kappa shape index (κ3) is 2.85. The van der Waals surface area contributed by atoms with E-state index in [1.54, 1.807) is 6.08 Å². The number of benzene rings is 1. The highest BCUT2D eigenvalue weighted by Crippen LogP contribution is 2.29. The van der Waals surface area contributed by atoms with Crippen molar-refractivity contribution in [3.63, 3.8) is 0 Å². The molecule has 0 bridgehead atoms. The fraction of sp³-hybridized carbons (Fsp3) is 0.176. The maximum Gasteiger partial charge on any atom is 0.290 e. The van der Waals surface area contributed by atoms with E-state index >= 15 is 0 Å². The number of nitrogens with one attached hydrogen (secondary N) is 1. The van der Waals surface area contributed by atoms with Crippen LogP contribution in [0.5, 0.6) is 0 Å². The Balaban J connectivity index is 2.02. The summed E-state index contributed by atoms with van der Waals surface area (Å²) in [5.74, 6) is -0.323. The molecule has 2 amide bonds. The van der Waals surface area contributed by atoms with Crippen LogP contribution in [-0.2, 0) is 11.3 Å². The molecule has 1 aliphatic heterocycles. The van der Waals surface area contributed by atoms with Gasteiger partial charge in [-0.25, -0.2) is 0 Å². The molecule has 0 unspecified atom stereocenters. The van der Waals surface area contributed by atoms with Gasteiger partial charge >= 0.3 is 0 Å². The Morgan fingerprint density at radius 3 is 2.77 bits per heavy atom. The maximum atomic E-state index is 11.7. The third-order valence-electron chi connectivity index (χ3n) is 3.47. The number of amides is 2. The minimum Gasteiger partial charge on any atom is -0.344 e. The standard InChI is InChI=1S/C17H16N2O2S/c1-11(2)6-8-19-9-7-13-12(4-3-5-14(13)19)10-15-16(20)18-17(21)22-15/h3-7,9-10H,8H2,1-2H3,(H,18,20,21)/b15-10-. The van der Waals surface area contributed by atoms with Gasteiger partial charge in [0, 0.05) is 23.6 Å². The van der Waals surface area contributed by atoms with Gasteiger partial charge < -0.3 is 4.57 Å². The zero-order chi connectivity index (χ0) is 15.7. The largest absolute Gasteiger partial charge is 0.344 e. The highest BCUT2D eigenvalue weighted by molar-refractivity contribution is 8.18. The number of hydrogen-bond acceptors (Lipinski definition) is 3. The van der Waals surface area contributed by atoms with E-state index in [9.17, 15) is 9.59 Å². The van der Waals surface area contributed by atoms with Crippen LogP contribution in [0.1, 0.15) is 19.4 Å². The van der Waals surface area contributed by atoms with Crippen molar-refractivity contribution >= 4 is 39.9 Å². The summed E-state index contributed by atoms with van der Waals surface area (Å²) < 4.78 is 2.16. The highest BCUT2D eigenvalue weighted by Gasteiger charge is 2.25. The molecule has 0 atom stereocenters. The Labute approximate surface area is 132 Å². The summed E-state index contributed by atoms with van der Waals surface area (Å²) >= 11 is 0.943. The molecule has 1 aliphatic rings. The number of thioether (sulfide) groups is 1. The lowest BCUT2D eigenvalue weighted by Gasteiger charge is -2.04. The molecule has 1 aromatic carbocycles. The molecule has 0 aliphatic carbocycles. The fourth-order valence-corrected chi connectivity index (χ4v) is 3.05. The maximum absolute atomic E-state index is 11.7. The summed E-state index contributed by atoms with van der Waals surface area (Å²) in [5.41, 5.74) is 3.33. The smallest absolute Gasteiger partial charge is 0.290 e. The lowest BCUT2D eigenvalue weighted by Crippen LogP contribution is -2.17. The van der Waals surface area contributed by atoms with Crippen molar-refractivity contribution in [2.75, 3.05) is 0 Å². The molecule has 1 fully saturated rings. The topological polar surface area (TPSA) is 51.1 Å². The Kier molecular flexibility index (Phi) is 3.90. The summed E-state index contributed by atoms with van der Waals surface area (Å²) in [4.78, 5) is 23.4. The zero-order valence-corrected chi connectivity index (χ0v) is 13.2. The molecule has 0 spiro atoms. The Morgan fingerprint density at radius 1 is 1.27 bits per heavy atom. The Bertz CT molecular complexity index is 826. The third-order valence-corrected chi connectivity index (χ3v) is 4.28. The van der Waals surface area contributed by atoms with Crippen LogP contribution < -0.4 is 5.32 Å². The number of rotatable bonds is 3. The summed E-state index contributed by atoms with van der Waals surface area (Å²) in [5, 5.41) is 3.04. The first-order chi connectivity index (χ1) is 10.5. The van der Waals surface area contributed by atoms with Crippen LogP contribution in [0.2, 0.25) is 0 Å². The predicted octanol–water partition coefficient (Wildman–Crippen LogP) is 3.93. The van der Waals surface area contributed by atoms with Gasteiger partial charge in [0.05, 0.1) is 4.91 Å². The first kappa shape index (κ1) is 14.7. The number of imide groups is 1. The van der Waals surface area contributed by atoms with E-state index in [-0.39, 0.29) is 11.1 Å². The van der Waals surface area contributed by atoms with E-state index in [0.717, 1.165) is 34.8 Å². The molecule has 0 radical (unpaired) electrons. The lowest BCUT2D eigenvalue weighted by atomic mass is 10.1. The van der Waals surface area contributed by atoms with Crippen molar-refractivity contribution in [1.82, 2.24) is 9.88 Å². The molecule has 1 aromatic heterocycles. The number of aromatic nitrogens is 1. The molecular formula is C17H16N2O2S. The van der Waals surface area contributed by atoms with Gasteiger partial charge in [-0.3, -0.25) is 14.9 Å². The van der Waals surface area contributed by atoms with Gasteiger partial charge in [-0.15, -0.1) is 0 Å². The average molecular weight is 312 g/mol. The second kappa shape index (κ2) is 5.85. The molecule has 112 valence electrons. The highest BCUT2D eigenvalue weighted by atomic mass is 32.2. The molecule has 3 rings (SSSR count). The summed E-state index contributed by atoms with van der Waals surface area (Å²) in [6.45, 7) is 4.97. The minimum absolute atomic E-state index is 0.315. The second-order valence-electron chi connectivity index (χ2n) is 5.38. The van der Waals surface area contributed by atoms with Gasteiger partial charge in [-0.05, 0) is 49.4 Å². The van der Waals surface area contributed by atoms with Gasteiger partial charge in [0.2, 0.25) is 0 Å². The monoisotopic (exact) mass is 312 g/mol. The van der Waals surface area contributed by atoms with E-state index in [1.807, 2.05) is 24.4 Å². The van der Waals surface area contributed by atoms with Crippen LogP contribution in [0.15, 0.2) is 47.0 Å². The van der Waals surface area contributed by atoms with Crippen LogP contribution in [0.4, 0.5) is 4.79 Å². The van der Waals surface area contributed by atoms with Gasteiger partial charge in [-0.2, -0.15) is 0 Å². The number of hydrogen-bond donors (Lipinski definition) is 1. The van der Waals surface area contributed by atoms with E-state index in [1.165, 1.54) is 5.57 Å². The SMILES string of the molecule is CC(C)=CCn1ccc2c(/C=C3\SC(=O)NC3=O)cccc21. The van der Waals surface area contributed by atoms with Crippen LogP contribution in [0.25, 0.3) is 17.0 Å². The number of nitrogens with zero attached hydrogens (tertiary/aromatic N) is 1. The first-order valence-electron chi connectivity index (χ1n) is 7.00. The van der Waals surface area contributed by atoms with E-state index in [4.69, 9.17) is 0 Å². The molecule has 22 heavy (non-hydrogen) atoms. The van der Waals surface area contributed by atoms with Crippen LogP contribution in [0.3, 0.4) is 0 Å². The molecule has 1 N–H and O–H groups in total. The van der Waals surface area contributed by atoms with Crippen LogP contribution >= 0.6 is 11.8 Å². The van der Waals surface area contributed by atoms with Gasteiger partial charge in [0.15, 0.2) is 0 Å². The molecule has 5 heteroatoms. The van der Waals surface area contributed by atoms with E-state index in [0.29, 0.717) is 4.91 Å². The fourth-order valence-electron chi connectivity index (χ4n) is 2.38. The lowest BCUT2D eigenvalue weighted by molar-refractivity contribution is -0.115. The minimum atomic E-state index is -0.323. The number of fused-ring (bicyclic) bond motifs is 1.